The van der Waals surface area contributed by atoms with Gasteiger partial charge in [-0.3, -0.25) is 0 Å². The molecule has 21 heavy (non-hydrogen) atoms. The van der Waals surface area contributed by atoms with E-state index < -0.39 is 0 Å². The summed E-state index contributed by atoms with van der Waals surface area (Å²) in [5, 5.41) is 0. The molecule has 0 fully saturated rings. The maximum absolute atomic E-state index is 4.91. The number of hydrogen-bond donors (Lipinski definition) is 0. The average Bonchev–Trinajstić information content (AvgIpc) is 2.51. The third-order valence-electron chi connectivity index (χ3n) is 3.49. The van der Waals surface area contributed by atoms with E-state index in [4.69, 9.17) is 4.74 Å². The van der Waals surface area contributed by atoms with Crippen LogP contribution in [0, 0.1) is 11.8 Å². The Bertz CT molecular complexity index is 294. The Morgan fingerprint density at radius 3 is 1.76 bits per heavy atom. The van der Waals surface area contributed by atoms with Crippen LogP contribution < -0.4 is 4.74 Å². The van der Waals surface area contributed by atoms with Crippen molar-refractivity contribution in [2.45, 2.75) is 47.5 Å². The number of methoxy groups -OCH3 is 1. The number of ether oxygens (including phenoxy) is 1. The predicted molar refractivity (Wildman–Crippen MR) is 96.1 cm³/mol. The lowest BCUT2D eigenvalue weighted by atomic mass is 9.89. The van der Waals surface area contributed by atoms with Crippen molar-refractivity contribution in [2.75, 3.05) is 27.7 Å². The van der Waals surface area contributed by atoms with Crippen LogP contribution in [0.5, 0.6) is 5.75 Å². The van der Waals surface area contributed by atoms with Crippen LogP contribution in [0.3, 0.4) is 0 Å². The lowest BCUT2D eigenvalue weighted by molar-refractivity contribution is 0.252. The summed E-state index contributed by atoms with van der Waals surface area (Å²) in [6.07, 6.45) is 2.65. The Kier molecular flexibility index (Phi) is 16.3. The zero-order valence-electron chi connectivity index (χ0n) is 15.5. The van der Waals surface area contributed by atoms with Crippen LogP contribution in [0.2, 0.25) is 0 Å². The number of hydrogen-bond acceptors (Lipinski definition) is 2. The molecule has 0 aliphatic rings. The molecular weight excluding hydrogens is 258 g/mol. The molecule has 0 radical (unpaired) electrons. The van der Waals surface area contributed by atoms with Gasteiger partial charge in [0.25, 0.3) is 0 Å². The molecule has 0 aliphatic carbocycles. The molecule has 0 heterocycles. The maximum Gasteiger partial charge on any atom is 0.118 e. The van der Waals surface area contributed by atoms with Crippen molar-refractivity contribution in [2.24, 2.45) is 11.8 Å². The number of para-hydroxylation sites is 1. The predicted octanol–water partition coefficient (Wildman–Crippen LogP) is 5.34. The fourth-order valence-electron chi connectivity index (χ4n) is 2.38. The van der Waals surface area contributed by atoms with E-state index in [-0.39, 0.29) is 0 Å². The van der Waals surface area contributed by atoms with E-state index in [1.807, 2.05) is 44.2 Å². The highest BCUT2D eigenvalue weighted by Crippen LogP contribution is 2.19. The van der Waals surface area contributed by atoms with Gasteiger partial charge in [-0.05, 0) is 38.1 Å². The molecule has 0 aromatic heterocycles. The Hall–Kier alpha value is -1.02. The zero-order chi connectivity index (χ0) is 16.7. The van der Waals surface area contributed by atoms with E-state index in [1.165, 1.54) is 19.4 Å². The van der Waals surface area contributed by atoms with Gasteiger partial charge in [0, 0.05) is 6.54 Å². The van der Waals surface area contributed by atoms with Gasteiger partial charge in [-0.2, -0.15) is 0 Å². The van der Waals surface area contributed by atoms with Crippen LogP contribution in [-0.2, 0) is 0 Å². The highest BCUT2D eigenvalue weighted by Gasteiger charge is 2.13. The van der Waals surface area contributed by atoms with E-state index in [0.717, 1.165) is 17.6 Å². The van der Waals surface area contributed by atoms with E-state index in [0.29, 0.717) is 0 Å². The second-order valence-corrected chi connectivity index (χ2v) is 5.33. The zero-order valence-corrected chi connectivity index (χ0v) is 15.5. The first-order chi connectivity index (χ1) is 10.0. The summed E-state index contributed by atoms with van der Waals surface area (Å²) in [5.41, 5.74) is 0. The smallest absolute Gasteiger partial charge is 0.118 e. The van der Waals surface area contributed by atoms with Gasteiger partial charge in [-0.15, -0.1) is 0 Å². The third-order valence-corrected chi connectivity index (χ3v) is 3.49. The molecule has 0 N–H and O–H groups in total. The standard InChI is InChI=1S/C10H23N.C7H8O.C2H6/c1-6-10(7-2)9(3)8-11(4)5;1-8-7-5-3-2-4-6-7;1-2/h9-10H,6-8H2,1-5H3;2-6H,1H3;1-2H3/t9-;;/m0../s1. The first kappa shape index (κ1) is 22.3. The normalized spacial score (nSPS) is 11.1. The van der Waals surface area contributed by atoms with Crippen molar-refractivity contribution in [3.8, 4) is 5.75 Å². The summed E-state index contributed by atoms with van der Waals surface area (Å²) < 4.78 is 4.91. The molecule has 1 atom stereocenters. The van der Waals surface area contributed by atoms with E-state index >= 15 is 0 Å². The van der Waals surface area contributed by atoms with Crippen LogP contribution in [0.4, 0.5) is 0 Å². The molecule has 0 bridgehead atoms. The van der Waals surface area contributed by atoms with Crippen LogP contribution >= 0.6 is 0 Å². The van der Waals surface area contributed by atoms with E-state index in [2.05, 4.69) is 39.8 Å². The summed E-state index contributed by atoms with van der Waals surface area (Å²) in [7, 11) is 5.97. The Labute approximate surface area is 133 Å². The molecule has 0 amide bonds. The molecule has 0 spiro atoms. The van der Waals surface area contributed by atoms with Crippen molar-refractivity contribution < 1.29 is 4.74 Å². The van der Waals surface area contributed by atoms with Crippen LogP contribution in [-0.4, -0.2) is 32.6 Å². The SMILES string of the molecule is CC.CCC(CC)[C@@H](C)CN(C)C.COc1ccccc1. The first-order valence-corrected chi connectivity index (χ1v) is 8.28. The second kappa shape index (κ2) is 15.4. The van der Waals surface area contributed by atoms with Crippen molar-refractivity contribution in [3.05, 3.63) is 30.3 Å². The topological polar surface area (TPSA) is 12.5 Å². The number of nitrogens with zero attached hydrogens (tertiary/aromatic N) is 1. The quantitative estimate of drug-likeness (QED) is 0.702. The second-order valence-electron chi connectivity index (χ2n) is 5.33. The molecule has 1 rings (SSSR count). The summed E-state index contributed by atoms with van der Waals surface area (Å²) in [6, 6.07) is 9.68. The molecule has 124 valence electrons. The van der Waals surface area contributed by atoms with Crippen LogP contribution in [0.25, 0.3) is 0 Å². The van der Waals surface area contributed by atoms with Gasteiger partial charge < -0.3 is 9.64 Å². The fraction of sp³-hybridized carbons (Fsp3) is 0.684. The van der Waals surface area contributed by atoms with Gasteiger partial charge >= 0.3 is 0 Å². The minimum absolute atomic E-state index is 0.847. The third kappa shape index (κ3) is 12.4. The van der Waals surface area contributed by atoms with Crippen molar-refractivity contribution in [1.82, 2.24) is 4.90 Å². The van der Waals surface area contributed by atoms with Crippen LogP contribution in [0.1, 0.15) is 47.5 Å². The van der Waals surface area contributed by atoms with Crippen molar-refractivity contribution >= 4 is 0 Å². The molecule has 1 aromatic rings. The summed E-state index contributed by atoms with van der Waals surface area (Å²) in [6.45, 7) is 12.2. The molecule has 0 unspecified atom stereocenters. The van der Waals surface area contributed by atoms with E-state index in [1.54, 1.807) is 7.11 Å². The number of benzene rings is 1. The first-order valence-electron chi connectivity index (χ1n) is 8.28. The lowest BCUT2D eigenvalue weighted by Gasteiger charge is -2.24. The van der Waals surface area contributed by atoms with Gasteiger partial charge in [-0.25, -0.2) is 0 Å². The monoisotopic (exact) mass is 295 g/mol. The Balaban J connectivity index is 0. The minimum atomic E-state index is 0.847. The molecular formula is C19H37NO. The van der Waals surface area contributed by atoms with E-state index in [9.17, 15) is 0 Å². The van der Waals surface area contributed by atoms with Gasteiger partial charge in [0.05, 0.1) is 7.11 Å². The number of rotatable bonds is 6. The maximum atomic E-state index is 4.91. The van der Waals surface area contributed by atoms with Crippen molar-refractivity contribution in [3.63, 3.8) is 0 Å². The molecule has 0 saturated carbocycles. The average molecular weight is 296 g/mol. The van der Waals surface area contributed by atoms with Crippen LogP contribution in [0.15, 0.2) is 30.3 Å². The van der Waals surface area contributed by atoms with Gasteiger partial charge in [0.2, 0.25) is 0 Å². The largest absolute Gasteiger partial charge is 0.497 e. The lowest BCUT2D eigenvalue weighted by Crippen LogP contribution is -2.24. The summed E-state index contributed by atoms with van der Waals surface area (Å²) >= 11 is 0. The molecule has 2 nitrogen and oxygen atoms in total. The summed E-state index contributed by atoms with van der Waals surface area (Å²) in [4.78, 5) is 2.28. The molecule has 0 aliphatic heterocycles. The minimum Gasteiger partial charge on any atom is -0.497 e. The highest BCUT2D eigenvalue weighted by molar-refractivity contribution is 5.20. The van der Waals surface area contributed by atoms with Gasteiger partial charge in [0.1, 0.15) is 5.75 Å². The molecule has 0 saturated heterocycles. The van der Waals surface area contributed by atoms with Gasteiger partial charge in [0.15, 0.2) is 0 Å². The Morgan fingerprint density at radius 2 is 1.48 bits per heavy atom. The Morgan fingerprint density at radius 1 is 1.00 bits per heavy atom. The molecule has 2 heteroatoms. The fourth-order valence-corrected chi connectivity index (χ4v) is 2.38. The van der Waals surface area contributed by atoms with Gasteiger partial charge in [-0.1, -0.05) is 65.7 Å². The van der Waals surface area contributed by atoms with Crippen molar-refractivity contribution in [1.29, 1.82) is 0 Å². The highest BCUT2D eigenvalue weighted by atomic mass is 16.5. The molecule has 1 aromatic carbocycles. The summed E-state index contributed by atoms with van der Waals surface area (Å²) in [5.74, 6) is 2.67.